The smallest absolute Gasteiger partial charge is 0.242 e. The summed E-state index contributed by atoms with van der Waals surface area (Å²) in [6, 6.07) is 10.6. The first-order chi connectivity index (χ1) is 14.3. The third kappa shape index (κ3) is 6.99. The average Bonchev–Trinajstić information content (AvgIpc) is 2.73. The maximum Gasteiger partial charge on any atom is 0.242 e. The number of amides is 2. The molecule has 1 aromatic carbocycles. The third-order valence-corrected chi connectivity index (χ3v) is 5.35. The van der Waals surface area contributed by atoms with E-state index in [0.717, 1.165) is 16.9 Å². The van der Waals surface area contributed by atoms with Gasteiger partial charge < -0.3 is 20.4 Å². The highest BCUT2D eigenvalue weighted by molar-refractivity contribution is 7.71. The zero-order valence-electron chi connectivity index (χ0n) is 18.0. The lowest BCUT2D eigenvalue weighted by atomic mass is 9.90. The molecule has 1 unspecified atom stereocenters. The first-order valence-electron chi connectivity index (χ1n) is 10.2. The molecule has 7 heteroatoms. The third-order valence-electron chi connectivity index (χ3n) is 4.97. The van der Waals surface area contributed by atoms with E-state index in [4.69, 9.17) is 17.0 Å². The van der Waals surface area contributed by atoms with Gasteiger partial charge in [-0.25, -0.2) is 0 Å². The van der Waals surface area contributed by atoms with Crippen molar-refractivity contribution in [3.8, 4) is 5.75 Å². The molecule has 2 atom stereocenters. The van der Waals surface area contributed by atoms with Gasteiger partial charge in [0.05, 0.1) is 7.11 Å². The highest BCUT2D eigenvalue weighted by Gasteiger charge is 2.26. The van der Waals surface area contributed by atoms with E-state index in [1.807, 2.05) is 36.4 Å². The molecule has 2 rings (SSSR count). The second-order valence-electron chi connectivity index (χ2n) is 7.78. The van der Waals surface area contributed by atoms with E-state index in [0.29, 0.717) is 29.8 Å². The van der Waals surface area contributed by atoms with Crippen LogP contribution in [0.15, 0.2) is 42.6 Å². The molecule has 0 saturated heterocycles. The van der Waals surface area contributed by atoms with Crippen molar-refractivity contribution in [3.05, 3.63) is 58.4 Å². The lowest BCUT2D eigenvalue weighted by Crippen LogP contribution is -2.49. The number of rotatable bonds is 10. The Morgan fingerprint density at radius 1 is 1.10 bits per heavy atom. The van der Waals surface area contributed by atoms with Crippen LogP contribution < -0.4 is 15.4 Å². The van der Waals surface area contributed by atoms with Gasteiger partial charge in [-0.2, -0.15) is 0 Å². The largest absolute Gasteiger partial charge is 0.497 e. The van der Waals surface area contributed by atoms with Gasteiger partial charge in [-0.1, -0.05) is 44.3 Å². The van der Waals surface area contributed by atoms with E-state index in [2.05, 4.69) is 29.5 Å². The molecule has 0 spiro atoms. The van der Waals surface area contributed by atoms with Crippen LogP contribution >= 0.6 is 12.2 Å². The van der Waals surface area contributed by atoms with E-state index in [1.54, 1.807) is 20.4 Å². The van der Waals surface area contributed by atoms with Crippen molar-refractivity contribution in [2.75, 3.05) is 14.2 Å². The topological polar surface area (TPSA) is 83.2 Å². The molecule has 0 bridgehead atoms. The van der Waals surface area contributed by atoms with Crippen molar-refractivity contribution >= 4 is 24.0 Å². The van der Waals surface area contributed by atoms with Crippen molar-refractivity contribution in [1.82, 2.24) is 15.6 Å². The Balaban J connectivity index is 2.17. The van der Waals surface area contributed by atoms with Crippen LogP contribution in [-0.2, 0) is 22.4 Å². The molecule has 2 amide bonds. The summed E-state index contributed by atoms with van der Waals surface area (Å²) in [6.07, 6.45) is 3.41. The number of nitrogens with one attached hydrogen (secondary N) is 3. The van der Waals surface area contributed by atoms with Gasteiger partial charge in [-0.05, 0) is 48.1 Å². The number of pyridine rings is 1. The molecule has 162 valence electrons. The summed E-state index contributed by atoms with van der Waals surface area (Å²) in [5.74, 6) is 0.451. The monoisotopic (exact) mass is 429 g/mol. The standard InChI is InChI=1S/C23H31N3O3S/c1-15(2)12-18(14-17-6-5-11-25-23(17)30)21(27)26-20(22(28)24-3)13-16-7-9-19(29-4)10-8-16/h5-11,15,18,20H,12-14H2,1-4H3,(H,24,28)(H,25,30)(H,26,27)/t18?,20-/m0/s1. The van der Waals surface area contributed by atoms with Gasteiger partial charge in [0.2, 0.25) is 11.8 Å². The Hall–Kier alpha value is -2.67. The number of carbonyl (C=O) groups excluding carboxylic acids is 2. The van der Waals surface area contributed by atoms with E-state index < -0.39 is 6.04 Å². The molecule has 30 heavy (non-hydrogen) atoms. The number of carbonyl (C=O) groups is 2. The Labute approximate surface area is 183 Å². The number of hydrogen-bond acceptors (Lipinski definition) is 4. The van der Waals surface area contributed by atoms with Crippen LogP contribution in [0.2, 0.25) is 0 Å². The molecule has 0 saturated carbocycles. The Kier molecular flexibility index (Phi) is 9.05. The minimum atomic E-state index is -0.657. The van der Waals surface area contributed by atoms with Crippen LogP contribution in [0.25, 0.3) is 0 Å². The normalized spacial score (nSPS) is 12.8. The number of hydrogen-bond donors (Lipinski definition) is 3. The summed E-state index contributed by atoms with van der Waals surface area (Å²) in [5, 5.41) is 5.62. The van der Waals surface area contributed by atoms with E-state index in [9.17, 15) is 9.59 Å². The molecule has 0 radical (unpaired) electrons. The van der Waals surface area contributed by atoms with Gasteiger partial charge >= 0.3 is 0 Å². The van der Waals surface area contributed by atoms with Crippen molar-refractivity contribution in [1.29, 1.82) is 0 Å². The van der Waals surface area contributed by atoms with Crippen LogP contribution in [0.5, 0.6) is 5.75 Å². The maximum atomic E-state index is 13.2. The second-order valence-corrected chi connectivity index (χ2v) is 8.19. The molecule has 3 N–H and O–H groups in total. The lowest BCUT2D eigenvalue weighted by molar-refractivity contribution is -0.131. The molecule has 0 aliphatic carbocycles. The molecule has 0 aliphatic heterocycles. The van der Waals surface area contributed by atoms with E-state index >= 15 is 0 Å². The summed E-state index contributed by atoms with van der Waals surface area (Å²) in [5.41, 5.74) is 1.87. The molecular formula is C23H31N3O3S. The average molecular weight is 430 g/mol. The number of H-pyrrole nitrogens is 1. The fourth-order valence-electron chi connectivity index (χ4n) is 3.41. The van der Waals surface area contributed by atoms with Gasteiger partial charge in [-0.15, -0.1) is 0 Å². The quantitative estimate of drug-likeness (QED) is 0.505. The zero-order valence-corrected chi connectivity index (χ0v) is 18.8. The molecule has 2 aromatic rings. The first-order valence-corrected chi connectivity index (χ1v) is 10.6. The van der Waals surface area contributed by atoms with Gasteiger partial charge in [0.15, 0.2) is 0 Å². The van der Waals surface area contributed by atoms with Crippen molar-refractivity contribution in [2.45, 2.75) is 39.2 Å². The van der Waals surface area contributed by atoms with Crippen LogP contribution in [0.3, 0.4) is 0 Å². The molecule has 0 fully saturated rings. The molecule has 1 heterocycles. The fraction of sp³-hybridized carbons (Fsp3) is 0.435. The summed E-state index contributed by atoms with van der Waals surface area (Å²) in [4.78, 5) is 28.6. The highest BCUT2D eigenvalue weighted by atomic mass is 32.1. The van der Waals surface area contributed by atoms with E-state index in [1.165, 1.54) is 0 Å². The van der Waals surface area contributed by atoms with Gasteiger partial charge in [0, 0.05) is 25.6 Å². The minimum absolute atomic E-state index is 0.135. The predicted molar refractivity (Wildman–Crippen MR) is 121 cm³/mol. The molecular weight excluding hydrogens is 398 g/mol. The predicted octanol–water partition coefficient (Wildman–Crippen LogP) is 3.43. The SMILES string of the molecule is CNC(=O)[C@H](Cc1ccc(OC)cc1)NC(=O)C(Cc1ccc[nH]c1=S)CC(C)C. The van der Waals surface area contributed by atoms with Gasteiger partial charge in [-0.3, -0.25) is 9.59 Å². The molecule has 6 nitrogen and oxygen atoms in total. The number of methoxy groups -OCH3 is 1. The van der Waals surface area contributed by atoms with Crippen molar-refractivity contribution in [3.63, 3.8) is 0 Å². The van der Waals surface area contributed by atoms with Crippen molar-refractivity contribution < 1.29 is 14.3 Å². The minimum Gasteiger partial charge on any atom is -0.497 e. The van der Waals surface area contributed by atoms with Gasteiger partial charge in [0.1, 0.15) is 16.4 Å². The Morgan fingerprint density at radius 3 is 2.37 bits per heavy atom. The van der Waals surface area contributed by atoms with Crippen LogP contribution in [-0.4, -0.2) is 37.0 Å². The summed E-state index contributed by atoms with van der Waals surface area (Å²) < 4.78 is 5.82. The number of likely N-dealkylation sites (N-methyl/N-ethyl adjacent to an activating group) is 1. The fourth-order valence-corrected chi connectivity index (χ4v) is 3.62. The van der Waals surface area contributed by atoms with Crippen molar-refractivity contribution in [2.24, 2.45) is 11.8 Å². The van der Waals surface area contributed by atoms with Crippen LogP contribution in [0.1, 0.15) is 31.4 Å². The zero-order chi connectivity index (χ0) is 22.1. The molecule has 1 aromatic heterocycles. The first kappa shape index (κ1) is 23.6. The lowest BCUT2D eigenvalue weighted by Gasteiger charge is -2.23. The maximum absolute atomic E-state index is 13.2. The summed E-state index contributed by atoms with van der Waals surface area (Å²) >= 11 is 5.36. The Bertz CT molecular complexity index is 893. The Morgan fingerprint density at radius 2 is 1.80 bits per heavy atom. The summed E-state index contributed by atoms with van der Waals surface area (Å²) in [6.45, 7) is 4.17. The van der Waals surface area contributed by atoms with Gasteiger partial charge in [0.25, 0.3) is 0 Å². The number of aromatic amines is 1. The van der Waals surface area contributed by atoms with Crippen LogP contribution in [0.4, 0.5) is 0 Å². The number of ether oxygens (including phenoxy) is 1. The highest BCUT2D eigenvalue weighted by Crippen LogP contribution is 2.19. The van der Waals surface area contributed by atoms with E-state index in [-0.39, 0.29) is 17.7 Å². The second kappa shape index (κ2) is 11.5. The number of benzene rings is 1. The molecule has 0 aliphatic rings. The summed E-state index contributed by atoms with van der Waals surface area (Å²) in [7, 11) is 3.18. The van der Waals surface area contributed by atoms with Crippen LogP contribution in [0, 0.1) is 16.5 Å². The number of aromatic nitrogens is 1.